The number of amides is 1. The number of carbonyl (C=O) groups excluding carboxylic acids is 2. The van der Waals surface area contributed by atoms with Gasteiger partial charge in [-0.15, -0.1) is 11.8 Å². The van der Waals surface area contributed by atoms with Gasteiger partial charge in [-0.2, -0.15) is 0 Å². The van der Waals surface area contributed by atoms with Crippen LogP contribution >= 0.6 is 23.4 Å². The minimum atomic E-state index is -0.624. The molecule has 0 bridgehead atoms. The van der Waals surface area contributed by atoms with Gasteiger partial charge in [0, 0.05) is 16.3 Å². The molecule has 0 spiro atoms. The van der Waals surface area contributed by atoms with Crippen molar-refractivity contribution in [3.8, 4) is 0 Å². The highest BCUT2D eigenvalue weighted by Gasteiger charge is 2.43. The summed E-state index contributed by atoms with van der Waals surface area (Å²) in [4.78, 5) is 27.7. The molecule has 0 saturated carbocycles. The molecule has 4 nitrogen and oxygen atoms in total. The lowest BCUT2D eigenvalue weighted by atomic mass is 10.1. The van der Waals surface area contributed by atoms with E-state index in [1.54, 1.807) is 34.9 Å². The first-order valence-corrected chi connectivity index (χ1v) is 10.7. The van der Waals surface area contributed by atoms with E-state index in [0.29, 0.717) is 22.9 Å². The van der Waals surface area contributed by atoms with Gasteiger partial charge in [0.2, 0.25) is 0 Å². The second-order valence-electron chi connectivity index (χ2n) is 7.36. The van der Waals surface area contributed by atoms with Crippen LogP contribution in [0.5, 0.6) is 0 Å². The maximum Gasteiger partial charge on any atom is 0.329 e. The number of esters is 1. The molecule has 2 aromatic rings. The fourth-order valence-electron chi connectivity index (χ4n) is 3.04. The highest BCUT2D eigenvalue weighted by molar-refractivity contribution is 7.99. The van der Waals surface area contributed by atoms with Gasteiger partial charge >= 0.3 is 5.97 Å². The number of thioether (sulfide) groups is 1. The van der Waals surface area contributed by atoms with Gasteiger partial charge in [0.1, 0.15) is 11.4 Å². The van der Waals surface area contributed by atoms with E-state index in [1.807, 2.05) is 51.1 Å². The Morgan fingerprint density at radius 3 is 2.57 bits per heavy atom. The molecule has 1 aliphatic rings. The molecule has 1 saturated heterocycles. The predicted octanol–water partition coefficient (Wildman–Crippen LogP) is 5.10. The van der Waals surface area contributed by atoms with Crippen LogP contribution in [-0.2, 0) is 9.53 Å². The first-order chi connectivity index (χ1) is 13.4. The first kappa shape index (κ1) is 20.7. The molecule has 2 aromatic carbocycles. The lowest BCUT2D eigenvalue weighted by molar-refractivity contribution is -0.149. The predicted molar refractivity (Wildman–Crippen MR) is 114 cm³/mol. The number of benzene rings is 2. The lowest BCUT2D eigenvalue weighted by Gasteiger charge is -2.29. The molecule has 3 rings (SSSR count). The Kier molecular flexibility index (Phi) is 6.68. The van der Waals surface area contributed by atoms with E-state index in [9.17, 15) is 9.59 Å². The van der Waals surface area contributed by atoms with Crippen LogP contribution in [0.2, 0.25) is 5.02 Å². The van der Waals surface area contributed by atoms with E-state index in [1.165, 1.54) is 0 Å². The molecule has 148 valence electrons. The van der Waals surface area contributed by atoms with Crippen LogP contribution in [0.25, 0.3) is 0 Å². The Balaban J connectivity index is 1.93. The number of hydrogen-bond acceptors (Lipinski definition) is 4. The highest BCUT2D eigenvalue weighted by atomic mass is 35.5. The molecule has 1 fully saturated rings. The van der Waals surface area contributed by atoms with E-state index in [0.717, 1.165) is 11.1 Å². The third-order valence-corrected chi connectivity index (χ3v) is 6.06. The number of hydrogen-bond donors (Lipinski definition) is 0. The van der Waals surface area contributed by atoms with Gasteiger partial charge in [0.05, 0.1) is 6.61 Å². The molecule has 0 N–H and O–H groups in total. The molecule has 0 radical (unpaired) electrons. The van der Waals surface area contributed by atoms with Crippen molar-refractivity contribution >= 4 is 35.2 Å². The number of halogens is 1. The fourth-order valence-corrected chi connectivity index (χ4v) is 4.65. The third-order valence-electron chi connectivity index (χ3n) is 4.50. The molecule has 0 unspecified atom stereocenters. The van der Waals surface area contributed by atoms with Crippen LogP contribution in [0.1, 0.15) is 40.7 Å². The second-order valence-corrected chi connectivity index (χ2v) is 8.91. The number of rotatable bonds is 5. The standard InChI is InChI=1S/C22H24ClNO3S/c1-14(2)12-27-22(26)19-13-28-21(17-5-4-6-18(23)11-17)24(19)20(25)16-9-7-15(3)8-10-16/h4-11,14,19,21H,12-13H2,1-3H3/t19-,21-/m1/s1. The minimum absolute atomic E-state index is 0.179. The van der Waals surface area contributed by atoms with Gasteiger partial charge < -0.3 is 9.64 Å². The van der Waals surface area contributed by atoms with Crippen LogP contribution in [0.15, 0.2) is 48.5 Å². The molecule has 1 heterocycles. The SMILES string of the molecule is Cc1ccc(C(=O)N2[C@@H](C(=O)OCC(C)C)CS[C@@H]2c2cccc(Cl)c2)cc1. The summed E-state index contributed by atoms with van der Waals surface area (Å²) in [6.45, 7) is 6.29. The second kappa shape index (κ2) is 9.01. The Morgan fingerprint density at radius 2 is 1.93 bits per heavy atom. The molecule has 1 amide bonds. The van der Waals surface area contributed by atoms with E-state index in [2.05, 4.69) is 0 Å². The zero-order valence-corrected chi connectivity index (χ0v) is 17.8. The molecule has 28 heavy (non-hydrogen) atoms. The Hall–Kier alpha value is -1.98. The summed E-state index contributed by atoms with van der Waals surface area (Å²) in [5, 5.41) is 0.316. The van der Waals surface area contributed by atoms with Crippen molar-refractivity contribution < 1.29 is 14.3 Å². The Labute approximate surface area is 175 Å². The average Bonchev–Trinajstić information content (AvgIpc) is 3.11. The van der Waals surface area contributed by atoms with Gasteiger partial charge in [0.15, 0.2) is 0 Å². The monoisotopic (exact) mass is 417 g/mol. The maximum atomic E-state index is 13.4. The molecular formula is C22H24ClNO3S. The fraction of sp³-hybridized carbons (Fsp3) is 0.364. The zero-order valence-electron chi connectivity index (χ0n) is 16.2. The molecule has 0 aromatic heterocycles. The van der Waals surface area contributed by atoms with Crippen LogP contribution in [0, 0.1) is 12.8 Å². The largest absolute Gasteiger partial charge is 0.464 e. The van der Waals surface area contributed by atoms with Gasteiger partial charge in [-0.05, 0) is 42.7 Å². The van der Waals surface area contributed by atoms with Gasteiger partial charge in [-0.3, -0.25) is 4.79 Å². The van der Waals surface area contributed by atoms with Crippen LogP contribution in [-0.4, -0.2) is 35.2 Å². The van der Waals surface area contributed by atoms with Crippen LogP contribution in [0.4, 0.5) is 0 Å². The minimum Gasteiger partial charge on any atom is -0.464 e. The average molecular weight is 418 g/mol. The molecule has 6 heteroatoms. The van der Waals surface area contributed by atoms with E-state index in [4.69, 9.17) is 16.3 Å². The highest BCUT2D eigenvalue weighted by Crippen LogP contribution is 2.43. The van der Waals surface area contributed by atoms with Crippen molar-refractivity contribution in [2.24, 2.45) is 5.92 Å². The van der Waals surface area contributed by atoms with E-state index >= 15 is 0 Å². The normalized spacial score (nSPS) is 19.1. The van der Waals surface area contributed by atoms with E-state index < -0.39 is 6.04 Å². The van der Waals surface area contributed by atoms with Crippen LogP contribution in [0.3, 0.4) is 0 Å². The number of ether oxygens (including phenoxy) is 1. The van der Waals surface area contributed by atoms with Crippen molar-refractivity contribution in [1.82, 2.24) is 4.90 Å². The summed E-state index contributed by atoms with van der Waals surface area (Å²) < 4.78 is 5.46. The van der Waals surface area contributed by atoms with Crippen molar-refractivity contribution in [1.29, 1.82) is 0 Å². The van der Waals surface area contributed by atoms with Crippen molar-refractivity contribution in [3.05, 3.63) is 70.2 Å². The summed E-state index contributed by atoms with van der Waals surface area (Å²) in [5.74, 6) is 0.196. The topological polar surface area (TPSA) is 46.6 Å². The van der Waals surface area contributed by atoms with Crippen molar-refractivity contribution in [2.45, 2.75) is 32.2 Å². The van der Waals surface area contributed by atoms with Crippen molar-refractivity contribution in [3.63, 3.8) is 0 Å². The van der Waals surface area contributed by atoms with Crippen molar-refractivity contribution in [2.75, 3.05) is 12.4 Å². The van der Waals surface area contributed by atoms with E-state index in [-0.39, 0.29) is 23.2 Å². The van der Waals surface area contributed by atoms with Gasteiger partial charge in [-0.1, -0.05) is 55.3 Å². The summed E-state index contributed by atoms with van der Waals surface area (Å²) in [7, 11) is 0. The quantitative estimate of drug-likeness (QED) is 0.634. The van der Waals surface area contributed by atoms with Crippen LogP contribution < -0.4 is 0 Å². The number of carbonyl (C=O) groups is 2. The Bertz CT molecular complexity index is 853. The zero-order chi connectivity index (χ0) is 20.3. The maximum absolute atomic E-state index is 13.4. The lowest BCUT2D eigenvalue weighted by Crippen LogP contribution is -2.44. The summed E-state index contributed by atoms with van der Waals surface area (Å²) in [5.41, 5.74) is 2.53. The summed E-state index contributed by atoms with van der Waals surface area (Å²) >= 11 is 7.72. The third kappa shape index (κ3) is 4.70. The summed E-state index contributed by atoms with van der Waals surface area (Å²) in [6, 6.07) is 14.2. The first-order valence-electron chi connectivity index (χ1n) is 9.30. The summed E-state index contributed by atoms with van der Waals surface area (Å²) in [6.07, 6.45) is 0. The van der Waals surface area contributed by atoms with Gasteiger partial charge in [-0.25, -0.2) is 4.79 Å². The van der Waals surface area contributed by atoms with Gasteiger partial charge in [0.25, 0.3) is 5.91 Å². The molecule has 1 aliphatic heterocycles. The Morgan fingerprint density at radius 1 is 1.21 bits per heavy atom. The molecular weight excluding hydrogens is 394 g/mol. The molecule has 2 atom stereocenters. The molecule has 0 aliphatic carbocycles. The number of aryl methyl sites for hydroxylation is 1. The smallest absolute Gasteiger partial charge is 0.329 e. The number of nitrogens with zero attached hydrogens (tertiary/aromatic N) is 1.